The van der Waals surface area contributed by atoms with E-state index in [4.69, 9.17) is 10.5 Å². The summed E-state index contributed by atoms with van der Waals surface area (Å²) < 4.78 is 7.51. The van der Waals surface area contributed by atoms with Crippen molar-refractivity contribution in [1.82, 2.24) is 14.8 Å². The van der Waals surface area contributed by atoms with E-state index in [0.717, 1.165) is 19.4 Å². The van der Waals surface area contributed by atoms with E-state index in [0.29, 0.717) is 24.1 Å². The Labute approximate surface area is 89.6 Å². The van der Waals surface area contributed by atoms with Crippen molar-refractivity contribution in [2.75, 3.05) is 5.73 Å². The van der Waals surface area contributed by atoms with Crippen molar-refractivity contribution in [2.24, 2.45) is 5.92 Å². The molecule has 1 unspecified atom stereocenters. The lowest BCUT2D eigenvalue weighted by Crippen LogP contribution is -2.31. The van der Waals surface area contributed by atoms with Crippen molar-refractivity contribution in [1.29, 1.82) is 0 Å². The largest absolute Gasteiger partial charge is 0.376 e. The zero-order valence-corrected chi connectivity index (χ0v) is 9.26. The maximum Gasteiger partial charge on any atom is 0.239 e. The molecule has 3 atom stereocenters. The van der Waals surface area contributed by atoms with Gasteiger partial charge in [0.05, 0.1) is 12.2 Å². The maximum absolute atomic E-state index is 5.69. The molecule has 0 saturated carbocycles. The number of aromatic nitrogens is 3. The van der Waals surface area contributed by atoms with Gasteiger partial charge in [-0.2, -0.15) is 0 Å². The van der Waals surface area contributed by atoms with Crippen molar-refractivity contribution < 1.29 is 4.74 Å². The molecule has 0 bridgehead atoms. The van der Waals surface area contributed by atoms with E-state index in [2.05, 4.69) is 23.9 Å². The lowest BCUT2D eigenvalue weighted by molar-refractivity contribution is -0.0553. The van der Waals surface area contributed by atoms with Crippen molar-refractivity contribution in [2.45, 2.75) is 45.4 Å². The van der Waals surface area contributed by atoms with Gasteiger partial charge in [-0.05, 0) is 32.6 Å². The second kappa shape index (κ2) is 4.18. The van der Waals surface area contributed by atoms with Gasteiger partial charge in [0, 0.05) is 6.54 Å². The lowest BCUT2D eigenvalue weighted by Gasteiger charge is -2.31. The van der Waals surface area contributed by atoms with E-state index in [9.17, 15) is 0 Å². The van der Waals surface area contributed by atoms with Gasteiger partial charge >= 0.3 is 0 Å². The molecule has 5 nitrogen and oxygen atoms in total. The number of hydrogen-bond donors (Lipinski definition) is 1. The molecule has 5 heteroatoms. The van der Waals surface area contributed by atoms with Crippen LogP contribution in [0.25, 0.3) is 0 Å². The van der Waals surface area contributed by atoms with Gasteiger partial charge in [0.15, 0.2) is 0 Å². The predicted molar refractivity (Wildman–Crippen MR) is 57.2 cm³/mol. The quantitative estimate of drug-likeness (QED) is 0.792. The second-order valence-electron chi connectivity index (χ2n) is 4.42. The van der Waals surface area contributed by atoms with Gasteiger partial charge in [-0.1, -0.05) is 0 Å². The third kappa shape index (κ3) is 2.68. The molecule has 1 saturated heterocycles. The minimum Gasteiger partial charge on any atom is -0.376 e. The summed E-state index contributed by atoms with van der Waals surface area (Å²) >= 11 is 0. The molecule has 0 amide bonds. The summed E-state index contributed by atoms with van der Waals surface area (Å²) in [5.74, 6) is 0.966. The SMILES string of the molecule is C[C@@H]1CC(Cn2cnc(N)n2)C[C@H](C)O1. The zero-order valence-electron chi connectivity index (χ0n) is 9.26. The van der Waals surface area contributed by atoms with Crippen LogP contribution < -0.4 is 5.73 Å². The number of ether oxygens (including phenoxy) is 1. The molecule has 0 radical (unpaired) electrons. The van der Waals surface area contributed by atoms with Gasteiger partial charge in [0.25, 0.3) is 0 Å². The van der Waals surface area contributed by atoms with Crippen LogP contribution in [-0.2, 0) is 11.3 Å². The lowest BCUT2D eigenvalue weighted by atomic mass is 9.93. The normalized spacial score (nSPS) is 31.7. The van der Waals surface area contributed by atoms with Gasteiger partial charge in [-0.25, -0.2) is 4.98 Å². The molecule has 1 fully saturated rings. The highest BCUT2D eigenvalue weighted by Gasteiger charge is 2.24. The van der Waals surface area contributed by atoms with Crippen LogP contribution in [0.15, 0.2) is 6.33 Å². The van der Waals surface area contributed by atoms with Crippen molar-refractivity contribution in [3.8, 4) is 0 Å². The van der Waals surface area contributed by atoms with Crippen LogP contribution in [0.5, 0.6) is 0 Å². The summed E-state index contributed by atoms with van der Waals surface area (Å²) in [7, 11) is 0. The van der Waals surface area contributed by atoms with Crippen LogP contribution in [0.4, 0.5) is 5.95 Å². The molecule has 2 N–H and O–H groups in total. The van der Waals surface area contributed by atoms with Crippen molar-refractivity contribution in [3.63, 3.8) is 0 Å². The Morgan fingerprint density at radius 1 is 1.47 bits per heavy atom. The minimum atomic E-state index is 0.347. The van der Waals surface area contributed by atoms with Crippen molar-refractivity contribution >= 4 is 5.95 Å². The molecule has 1 aromatic heterocycles. The molecule has 1 aliphatic rings. The van der Waals surface area contributed by atoms with Crippen LogP contribution in [-0.4, -0.2) is 27.0 Å². The average Bonchev–Trinajstić information content (AvgIpc) is 2.49. The first-order chi connectivity index (χ1) is 7.13. The molecule has 0 aliphatic carbocycles. The Kier molecular flexibility index (Phi) is 2.90. The van der Waals surface area contributed by atoms with Crippen molar-refractivity contribution in [3.05, 3.63) is 6.33 Å². The molecular weight excluding hydrogens is 192 g/mol. The van der Waals surface area contributed by atoms with Gasteiger partial charge < -0.3 is 10.5 Å². The van der Waals surface area contributed by atoms with E-state index < -0.39 is 0 Å². The third-order valence-electron chi connectivity index (χ3n) is 2.79. The second-order valence-corrected chi connectivity index (χ2v) is 4.42. The molecule has 84 valence electrons. The molecule has 0 aromatic carbocycles. The first kappa shape index (κ1) is 10.4. The summed E-state index contributed by atoms with van der Waals surface area (Å²) in [5, 5.41) is 4.10. The highest BCUT2D eigenvalue weighted by atomic mass is 16.5. The summed E-state index contributed by atoms with van der Waals surface area (Å²) in [5.41, 5.74) is 5.47. The van der Waals surface area contributed by atoms with Crippen LogP contribution >= 0.6 is 0 Å². The summed E-state index contributed by atoms with van der Waals surface area (Å²) in [6, 6.07) is 0. The smallest absolute Gasteiger partial charge is 0.239 e. The van der Waals surface area contributed by atoms with Crippen LogP contribution in [0.1, 0.15) is 26.7 Å². The molecule has 1 aromatic rings. The number of hydrogen-bond acceptors (Lipinski definition) is 4. The van der Waals surface area contributed by atoms with Crippen LogP contribution in [0.3, 0.4) is 0 Å². The summed E-state index contributed by atoms with van der Waals surface area (Å²) in [6.45, 7) is 5.14. The molecule has 0 spiro atoms. The Hall–Kier alpha value is -1.10. The average molecular weight is 210 g/mol. The van der Waals surface area contributed by atoms with E-state index in [1.807, 2.05) is 4.68 Å². The Morgan fingerprint density at radius 2 is 2.13 bits per heavy atom. The number of nitrogens with zero attached hydrogens (tertiary/aromatic N) is 3. The fourth-order valence-electron chi connectivity index (χ4n) is 2.35. The van der Waals surface area contributed by atoms with Gasteiger partial charge in [-0.3, -0.25) is 4.68 Å². The van der Waals surface area contributed by atoms with Crippen LogP contribution in [0, 0.1) is 5.92 Å². The first-order valence-electron chi connectivity index (χ1n) is 5.44. The van der Waals surface area contributed by atoms with Crippen LogP contribution in [0.2, 0.25) is 0 Å². The van der Waals surface area contributed by atoms with Gasteiger partial charge in [-0.15, -0.1) is 5.10 Å². The zero-order chi connectivity index (χ0) is 10.8. The minimum absolute atomic E-state index is 0.347. The highest BCUT2D eigenvalue weighted by molar-refractivity contribution is 5.09. The summed E-state index contributed by atoms with van der Waals surface area (Å²) in [6.07, 6.45) is 4.56. The maximum atomic E-state index is 5.69. The molecule has 1 aliphatic heterocycles. The Bertz CT molecular complexity index is 315. The Morgan fingerprint density at radius 3 is 2.67 bits per heavy atom. The Balaban J connectivity index is 1.94. The molecule has 2 heterocycles. The van der Waals surface area contributed by atoms with Gasteiger partial charge in [0.2, 0.25) is 5.95 Å². The number of rotatable bonds is 2. The van der Waals surface area contributed by atoms with E-state index in [1.54, 1.807) is 6.33 Å². The molecular formula is C10H18N4O. The van der Waals surface area contributed by atoms with E-state index in [-0.39, 0.29) is 0 Å². The predicted octanol–water partition coefficient (Wildman–Crippen LogP) is 1.06. The monoisotopic (exact) mass is 210 g/mol. The van der Waals surface area contributed by atoms with Gasteiger partial charge in [0.1, 0.15) is 6.33 Å². The fraction of sp³-hybridized carbons (Fsp3) is 0.800. The van der Waals surface area contributed by atoms with E-state index >= 15 is 0 Å². The van der Waals surface area contributed by atoms with E-state index in [1.165, 1.54) is 0 Å². The highest BCUT2D eigenvalue weighted by Crippen LogP contribution is 2.25. The fourth-order valence-corrected chi connectivity index (χ4v) is 2.35. The topological polar surface area (TPSA) is 66.0 Å². The molecule has 15 heavy (non-hydrogen) atoms. The summed E-state index contributed by atoms with van der Waals surface area (Å²) in [4.78, 5) is 3.92. The number of anilines is 1. The first-order valence-corrected chi connectivity index (χ1v) is 5.44. The third-order valence-corrected chi connectivity index (χ3v) is 2.79. The number of nitrogen functional groups attached to an aromatic ring is 1. The standard InChI is InChI=1S/C10H18N4O/c1-7-3-9(4-8(2)15-7)5-14-6-12-10(11)13-14/h6-9H,3-5H2,1-2H3,(H2,11,13)/t7-,8+,9?. The number of nitrogens with two attached hydrogens (primary N) is 1. The molecule has 2 rings (SSSR count).